The van der Waals surface area contributed by atoms with Gasteiger partial charge in [0, 0.05) is 13.2 Å². The first kappa shape index (κ1) is 13.0. The second kappa shape index (κ2) is 5.97. The zero-order valence-corrected chi connectivity index (χ0v) is 10.5. The van der Waals surface area contributed by atoms with E-state index in [0.717, 1.165) is 32.6 Å². The van der Waals surface area contributed by atoms with Crippen LogP contribution in [0, 0.1) is 5.92 Å². The fourth-order valence-electron chi connectivity index (χ4n) is 2.25. The molecule has 1 aromatic heterocycles. The van der Waals surface area contributed by atoms with Gasteiger partial charge in [-0.3, -0.25) is 4.90 Å². The van der Waals surface area contributed by atoms with E-state index >= 15 is 0 Å². The van der Waals surface area contributed by atoms with Gasteiger partial charge in [0.25, 0.3) is 0 Å². The number of carbonyl (C=O) groups is 1. The van der Waals surface area contributed by atoms with Crippen LogP contribution in [0.1, 0.15) is 29.0 Å². The van der Waals surface area contributed by atoms with Gasteiger partial charge in [-0.25, -0.2) is 4.79 Å². The number of hydrogen-bond acceptors (Lipinski definition) is 5. The van der Waals surface area contributed by atoms with E-state index in [4.69, 9.17) is 14.4 Å². The van der Waals surface area contributed by atoms with Crippen LogP contribution in [0.15, 0.2) is 10.7 Å². The van der Waals surface area contributed by atoms with Crippen molar-refractivity contribution in [3.63, 3.8) is 0 Å². The first-order valence-electron chi connectivity index (χ1n) is 6.10. The molecule has 1 unspecified atom stereocenters. The number of hydrogen-bond donors (Lipinski definition) is 1. The monoisotopic (exact) mass is 254 g/mol. The first-order chi connectivity index (χ1) is 8.66. The van der Waals surface area contributed by atoms with Crippen molar-refractivity contribution >= 4 is 5.97 Å². The molecule has 100 valence electrons. The predicted molar refractivity (Wildman–Crippen MR) is 63.3 cm³/mol. The summed E-state index contributed by atoms with van der Waals surface area (Å²) in [4.78, 5) is 13.0. The molecule has 6 nitrogen and oxygen atoms in total. The topological polar surface area (TPSA) is 75.8 Å². The molecule has 0 radical (unpaired) electrons. The second-order valence-electron chi connectivity index (χ2n) is 4.75. The minimum atomic E-state index is -0.999. The molecule has 0 aliphatic carbocycles. The molecule has 1 saturated heterocycles. The van der Waals surface area contributed by atoms with E-state index in [1.54, 1.807) is 0 Å². The summed E-state index contributed by atoms with van der Waals surface area (Å²) < 4.78 is 10.4. The Bertz CT molecular complexity index is 399. The summed E-state index contributed by atoms with van der Waals surface area (Å²) in [6, 6.07) is 0. The van der Waals surface area contributed by atoms with Gasteiger partial charge in [-0.15, -0.1) is 0 Å². The van der Waals surface area contributed by atoms with Crippen LogP contribution >= 0.6 is 0 Å². The molecule has 1 atom stereocenters. The lowest BCUT2D eigenvalue weighted by atomic mass is 10.0. The summed E-state index contributed by atoms with van der Waals surface area (Å²) in [5, 5.41) is 12.5. The molecule has 1 fully saturated rings. The lowest BCUT2D eigenvalue weighted by molar-refractivity contribution is 0.0400. The number of ether oxygens (including phenoxy) is 1. The van der Waals surface area contributed by atoms with Crippen molar-refractivity contribution in [1.82, 2.24) is 10.1 Å². The van der Waals surface area contributed by atoms with Crippen molar-refractivity contribution in [3.05, 3.63) is 17.5 Å². The van der Waals surface area contributed by atoms with Crippen LogP contribution in [-0.2, 0) is 11.3 Å². The van der Waals surface area contributed by atoms with Gasteiger partial charge in [0.1, 0.15) is 5.56 Å². The number of aromatic carboxylic acids is 1. The maximum Gasteiger partial charge on any atom is 0.341 e. The highest BCUT2D eigenvalue weighted by atomic mass is 16.5. The molecule has 0 aromatic carbocycles. The van der Waals surface area contributed by atoms with Crippen molar-refractivity contribution < 1.29 is 19.2 Å². The molecule has 1 N–H and O–H groups in total. The zero-order chi connectivity index (χ0) is 13.0. The van der Waals surface area contributed by atoms with E-state index in [-0.39, 0.29) is 5.56 Å². The molecule has 1 aromatic rings. The number of carboxylic acid groups (broad SMARTS) is 1. The minimum Gasteiger partial charge on any atom is -0.478 e. The van der Waals surface area contributed by atoms with Crippen LogP contribution in [0.25, 0.3) is 0 Å². The molecular weight excluding hydrogens is 236 g/mol. The van der Waals surface area contributed by atoms with Gasteiger partial charge >= 0.3 is 5.97 Å². The third-order valence-corrected chi connectivity index (χ3v) is 3.11. The van der Waals surface area contributed by atoms with Gasteiger partial charge in [0.2, 0.25) is 0 Å². The molecule has 0 amide bonds. The molecule has 18 heavy (non-hydrogen) atoms. The Hall–Kier alpha value is -1.40. The standard InChI is InChI=1S/C12H18N2O4/c1-14(6-9-3-2-4-17-8-9)7-11-10(12(15)16)5-13-18-11/h5,9H,2-4,6-8H2,1H3,(H,15,16). The Labute approximate surface area is 106 Å². The normalized spacial score (nSPS) is 20.2. The average molecular weight is 254 g/mol. The highest BCUT2D eigenvalue weighted by Crippen LogP contribution is 2.16. The van der Waals surface area contributed by atoms with Crippen LogP contribution in [0.4, 0.5) is 0 Å². The highest BCUT2D eigenvalue weighted by Gasteiger charge is 2.20. The molecule has 1 aliphatic heterocycles. The molecule has 0 spiro atoms. The SMILES string of the molecule is CN(Cc1oncc1C(=O)O)CC1CCCOC1. The van der Waals surface area contributed by atoms with E-state index in [1.807, 2.05) is 11.9 Å². The van der Waals surface area contributed by atoms with E-state index in [9.17, 15) is 4.79 Å². The summed E-state index contributed by atoms with van der Waals surface area (Å²) >= 11 is 0. The Morgan fingerprint density at radius 3 is 3.17 bits per heavy atom. The molecule has 6 heteroatoms. The number of carboxylic acids is 1. The maximum atomic E-state index is 10.9. The quantitative estimate of drug-likeness (QED) is 0.851. The average Bonchev–Trinajstić information content (AvgIpc) is 2.78. The van der Waals surface area contributed by atoms with Gasteiger partial charge < -0.3 is 14.4 Å². The summed E-state index contributed by atoms with van der Waals surface area (Å²) in [5.41, 5.74) is 0.141. The minimum absolute atomic E-state index is 0.141. The maximum absolute atomic E-state index is 10.9. The summed E-state index contributed by atoms with van der Waals surface area (Å²) in [7, 11) is 1.95. The predicted octanol–water partition coefficient (Wildman–Crippen LogP) is 1.23. The van der Waals surface area contributed by atoms with Crippen molar-refractivity contribution in [1.29, 1.82) is 0 Å². The molecular formula is C12H18N2O4. The van der Waals surface area contributed by atoms with Crippen LogP contribution in [0.2, 0.25) is 0 Å². The molecule has 0 saturated carbocycles. The van der Waals surface area contributed by atoms with Gasteiger partial charge in [-0.05, 0) is 25.8 Å². The largest absolute Gasteiger partial charge is 0.478 e. The van der Waals surface area contributed by atoms with Crippen LogP contribution < -0.4 is 0 Å². The van der Waals surface area contributed by atoms with Gasteiger partial charge in [-0.2, -0.15) is 0 Å². The van der Waals surface area contributed by atoms with Gasteiger partial charge in [0.05, 0.1) is 19.3 Å². The molecule has 0 bridgehead atoms. The molecule has 2 heterocycles. The molecule has 1 aliphatic rings. The highest BCUT2D eigenvalue weighted by molar-refractivity contribution is 5.88. The van der Waals surface area contributed by atoms with Crippen molar-refractivity contribution in [2.24, 2.45) is 5.92 Å². The zero-order valence-electron chi connectivity index (χ0n) is 10.5. The third-order valence-electron chi connectivity index (χ3n) is 3.11. The first-order valence-corrected chi connectivity index (χ1v) is 6.10. The van der Waals surface area contributed by atoms with Crippen LogP contribution in [0.5, 0.6) is 0 Å². The summed E-state index contributed by atoms with van der Waals surface area (Å²) in [6.07, 6.45) is 3.50. The van der Waals surface area contributed by atoms with Crippen LogP contribution in [-0.4, -0.2) is 47.9 Å². The van der Waals surface area contributed by atoms with E-state index in [1.165, 1.54) is 6.20 Å². The summed E-state index contributed by atoms with van der Waals surface area (Å²) in [5.74, 6) is -0.0812. The van der Waals surface area contributed by atoms with Crippen molar-refractivity contribution in [2.75, 3.05) is 26.8 Å². The summed E-state index contributed by atoms with van der Waals surface area (Å²) in [6.45, 7) is 2.97. The Morgan fingerprint density at radius 2 is 2.50 bits per heavy atom. The van der Waals surface area contributed by atoms with Gasteiger partial charge in [0.15, 0.2) is 5.76 Å². The van der Waals surface area contributed by atoms with E-state index < -0.39 is 5.97 Å². The third kappa shape index (κ3) is 3.30. The number of rotatable bonds is 5. The van der Waals surface area contributed by atoms with Crippen molar-refractivity contribution in [3.8, 4) is 0 Å². The van der Waals surface area contributed by atoms with Crippen LogP contribution in [0.3, 0.4) is 0 Å². The Balaban J connectivity index is 1.88. The smallest absolute Gasteiger partial charge is 0.341 e. The Kier molecular flexibility index (Phi) is 4.33. The van der Waals surface area contributed by atoms with E-state index in [2.05, 4.69) is 5.16 Å². The fraction of sp³-hybridized carbons (Fsp3) is 0.667. The van der Waals surface area contributed by atoms with Gasteiger partial charge in [-0.1, -0.05) is 5.16 Å². The number of nitrogens with zero attached hydrogens (tertiary/aromatic N) is 2. The lowest BCUT2D eigenvalue weighted by Gasteiger charge is -2.26. The fourth-order valence-corrected chi connectivity index (χ4v) is 2.25. The van der Waals surface area contributed by atoms with E-state index in [0.29, 0.717) is 18.2 Å². The number of aromatic nitrogens is 1. The lowest BCUT2D eigenvalue weighted by Crippen LogP contribution is -2.30. The van der Waals surface area contributed by atoms with Crippen molar-refractivity contribution in [2.45, 2.75) is 19.4 Å². The second-order valence-corrected chi connectivity index (χ2v) is 4.75. The molecule has 2 rings (SSSR count). The Morgan fingerprint density at radius 1 is 1.67 bits per heavy atom.